The number of halogens is 1. The standard InChI is InChI=1S/C15H11ClN4O2/c16-13-6-7-14-17-8-11(20(14)19-13)12(21)9-18-15(22)10-4-2-1-3-5-10/h1-8H,9H2,(H,18,22). The van der Waals surface area contributed by atoms with Crippen molar-refractivity contribution in [2.24, 2.45) is 0 Å². The molecule has 0 aliphatic rings. The van der Waals surface area contributed by atoms with Gasteiger partial charge in [0.2, 0.25) is 5.78 Å². The molecule has 3 aromatic rings. The van der Waals surface area contributed by atoms with Crippen LogP contribution in [0.5, 0.6) is 0 Å². The summed E-state index contributed by atoms with van der Waals surface area (Å²) in [6.07, 6.45) is 1.41. The van der Waals surface area contributed by atoms with Crippen molar-refractivity contribution in [1.82, 2.24) is 19.9 Å². The molecule has 1 N–H and O–H groups in total. The molecule has 0 bridgehead atoms. The van der Waals surface area contributed by atoms with Gasteiger partial charge in [0, 0.05) is 5.56 Å². The van der Waals surface area contributed by atoms with Gasteiger partial charge in [-0.05, 0) is 24.3 Å². The first kappa shape index (κ1) is 14.2. The van der Waals surface area contributed by atoms with Crippen LogP contribution in [0.3, 0.4) is 0 Å². The van der Waals surface area contributed by atoms with Crippen LogP contribution >= 0.6 is 11.6 Å². The molecule has 0 atom stereocenters. The molecule has 0 fully saturated rings. The first-order valence-corrected chi connectivity index (χ1v) is 6.89. The number of aromatic nitrogens is 3. The van der Waals surface area contributed by atoms with E-state index in [0.717, 1.165) is 0 Å². The number of hydrogen-bond acceptors (Lipinski definition) is 4. The molecular weight excluding hydrogens is 304 g/mol. The Kier molecular flexibility index (Phi) is 3.84. The summed E-state index contributed by atoms with van der Waals surface area (Å²) < 4.78 is 1.36. The summed E-state index contributed by atoms with van der Waals surface area (Å²) >= 11 is 5.82. The largest absolute Gasteiger partial charge is 0.345 e. The van der Waals surface area contributed by atoms with E-state index >= 15 is 0 Å². The number of nitrogens with zero attached hydrogens (tertiary/aromatic N) is 3. The van der Waals surface area contributed by atoms with Gasteiger partial charge in [-0.3, -0.25) is 9.59 Å². The fourth-order valence-corrected chi connectivity index (χ4v) is 2.12. The smallest absolute Gasteiger partial charge is 0.251 e. The second-order valence-corrected chi connectivity index (χ2v) is 4.93. The van der Waals surface area contributed by atoms with Crippen LogP contribution in [0.2, 0.25) is 5.15 Å². The van der Waals surface area contributed by atoms with Crippen LogP contribution in [0.25, 0.3) is 5.65 Å². The highest BCUT2D eigenvalue weighted by Crippen LogP contribution is 2.09. The van der Waals surface area contributed by atoms with Gasteiger partial charge < -0.3 is 5.32 Å². The van der Waals surface area contributed by atoms with Gasteiger partial charge in [-0.2, -0.15) is 5.10 Å². The topological polar surface area (TPSA) is 76.4 Å². The number of amides is 1. The van der Waals surface area contributed by atoms with Crippen molar-refractivity contribution in [3.8, 4) is 0 Å². The van der Waals surface area contributed by atoms with E-state index in [4.69, 9.17) is 11.6 Å². The minimum absolute atomic E-state index is 0.143. The Labute approximate surface area is 130 Å². The van der Waals surface area contributed by atoms with E-state index in [9.17, 15) is 9.59 Å². The summed E-state index contributed by atoms with van der Waals surface area (Å²) in [6.45, 7) is -0.143. The molecule has 22 heavy (non-hydrogen) atoms. The minimum Gasteiger partial charge on any atom is -0.345 e. The Morgan fingerprint density at radius 1 is 1.14 bits per heavy atom. The van der Waals surface area contributed by atoms with Gasteiger partial charge in [0.1, 0.15) is 10.8 Å². The third-order valence-corrected chi connectivity index (χ3v) is 3.26. The van der Waals surface area contributed by atoms with Crippen LogP contribution in [0.1, 0.15) is 20.8 Å². The molecule has 0 saturated carbocycles. The minimum atomic E-state index is -0.311. The van der Waals surface area contributed by atoms with Gasteiger partial charge in [-0.1, -0.05) is 29.8 Å². The van der Waals surface area contributed by atoms with Crippen LogP contribution in [0, 0.1) is 0 Å². The third-order valence-electron chi connectivity index (χ3n) is 3.06. The lowest BCUT2D eigenvalue weighted by atomic mass is 10.2. The molecule has 0 unspecified atom stereocenters. The SMILES string of the molecule is O=C(NCC(=O)c1cnc2ccc(Cl)nn12)c1ccccc1. The van der Waals surface area contributed by atoms with Gasteiger partial charge in [0.05, 0.1) is 12.7 Å². The Balaban J connectivity index is 1.74. The Bertz CT molecular complexity index is 845. The number of fused-ring (bicyclic) bond motifs is 1. The molecule has 0 radical (unpaired) electrons. The zero-order valence-corrected chi connectivity index (χ0v) is 12.1. The van der Waals surface area contributed by atoms with E-state index in [-0.39, 0.29) is 29.1 Å². The zero-order chi connectivity index (χ0) is 15.5. The summed E-state index contributed by atoms with van der Waals surface area (Å²) in [4.78, 5) is 28.2. The van der Waals surface area contributed by atoms with Crippen molar-refractivity contribution in [3.63, 3.8) is 0 Å². The number of benzene rings is 1. The van der Waals surface area contributed by atoms with Crippen molar-refractivity contribution in [3.05, 3.63) is 65.1 Å². The second-order valence-electron chi connectivity index (χ2n) is 4.54. The van der Waals surface area contributed by atoms with Crippen LogP contribution in [0.15, 0.2) is 48.7 Å². The summed E-state index contributed by atoms with van der Waals surface area (Å²) in [5.74, 6) is -0.611. The summed E-state index contributed by atoms with van der Waals surface area (Å²) in [5, 5.41) is 6.86. The fourth-order valence-electron chi connectivity index (χ4n) is 1.98. The summed E-state index contributed by atoms with van der Waals surface area (Å²) in [6, 6.07) is 11.9. The normalized spacial score (nSPS) is 10.6. The highest BCUT2D eigenvalue weighted by Gasteiger charge is 2.15. The van der Waals surface area contributed by atoms with E-state index in [0.29, 0.717) is 11.2 Å². The third kappa shape index (κ3) is 2.82. The number of carbonyl (C=O) groups is 2. The lowest BCUT2D eigenvalue weighted by Crippen LogP contribution is -2.30. The molecule has 2 aromatic heterocycles. The first-order valence-electron chi connectivity index (χ1n) is 6.52. The van der Waals surface area contributed by atoms with Crippen molar-refractivity contribution in [1.29, 1.82) is 0 Å². The molecule has 6 nitrogen and oxygen atoms in total. The molecule has 1 amide bonds. The molecule has 3 rings (SSSR count). The molecule has 7 heteroatoms. The highest BCUT2D eigenvalue weighted by atomic mass is 35.5. The van der Waals surface area contributed by atoms with E-state index in [1.165, 1.54) is 10.7 Å². The quantitative estimate of drug-likeness (QED) is 0.747. The fraction of sp³-hybridized carbons (Fsp3) is 0.0667. The van der Waals surface area contributed by atoms with Crippen molar-refractivity contribution in [2.75, 3.05) is 6.54 Å². The number of nitrogens with one attached hydrogen (secondary N) is 1. The molecule has 0 spiro atoms. The number of ketones is 1. The lowest BCUT2D eigenvalue weighted by molar-refractivity contribution is 0.0901. The second kappa shape index (κ2) is 5.95. The maximum Gasteiger partial charge on any atom is 0.251 e. The number of rotatable bonds is 4. The molecule has 0 aliphatic carbocycles. The number of hydrogen-bond donors (Lipinski definition) is 1. The van der Waals surface area contributed by atoms with Crippen molar-refractivity contribution >= 4 is 28.9 Å². The molecule has 0 aliphatic heterocycles. The maximum absolute atomic E-state index is 12.2. The van der Waals surface area contributed by atoms with Gasteiger partial charge in [-0.15, -0.1) is 0 Å². The van der Waals surface area contributed by atoms with Gasteiger partial charge in [0.15, 0.2) is 5.65 Å². The van der Waals surface area contributed by atoms with Crippen molar-refractivity contribution in [2.45, 2.75) is 0 Å². The first-order chi connectivity index (χ1) is 10.6. The van der Waals surface area contributed by atoms with E-state index < -0.39 is 0 Å². The van der Waals surface area contributed by atoms with Crippen LogP contribution in [-0.2, 0) is 0 Å². The average molecular weight is 315 g/mol. The van der Waals surface area contributed by atoms with Gasteiger partial charge in [-0.25, -0.2) is 9.50 Å². The number of Topliss-reactive ketones (excluding diaryl/α,β-unsaturated/α-hetero) is 1. The van der Waals surface area contributed by atoms with Gasteiger partial charge in [0.25, 0.3) is 5.91 Å². The summed E-state index contributed by atoms with van der Waals surface area (Å²) in [7, 11) is 0. The van der Waals surface area contributed by atoms with E-state index in [1.807, 2.05) is 6.07 Å². The zero-order valence-electron chi connectivity index (χ0n) is 11.4. The summed E-state index contributed by atoms with van der Waals surface area (Å²) in [5.41, 5.74) is 1.28. The predicted octanol–water partition coefficient (Wildman–Crippen LogP) is 2.00. The lowest BCUT2D eigenvalue weighted by Gasteiger charge is -2.04. The van der Waals surface area contributed by atoms with Crippen LogP contribution < -0.4 is 5.32 Å². The molecular formula is C15H11ClN4O2. The molecule has 110 valence electrons. The molecule has 2 heterocycles. The average Bonchev–Trinajstić information content (AvgIpc) is 2.96. The monoisotopic (exact) mass is 314 g/mol. The molecule has 0 saturated heterocycles. The van der Waals surface area contributed by atoms with E-state index in [1.54, 1.807) is 36.4 Å². The number of imidazole rings is 1. The van der Waals surface area contributed by atoms with Crippen LogP contribution in [0.4, 0.5) is 0 Å². The van der Waals surface area contributed by atoms with Gasteiger partial charge >= 0.3 is 0 Å². The number of carbonyl (C=O) groups excluding carboxylic acids is 2. The Hall–Kier alpha value is -2.73. The van der Waals surface area contributed by atoms with Crippen LogP contribution in [-0.4, -0.2) is 32.8 Å². The molecule has 1 aromatic carbocycles. The van der Waals surface area contributed by atoms with Crippen molar-refractivity contribution < 1.29 is 9.59 Å². The highest BCUT2D eigenvalue weighted by molar-refractivity contribution is 6.29. The maximum atomic E-state index is 12.2. The Morgan fingerprint density at radius 3 is 2.68 bits per heavy atom. The Morgan fingerprint density at radius 2 is 1.91 bits per heavy atom. The predicted molar refractivity (Wildman–Crippen MR) is 81.1 cm³/mol. The van der Waals surface area contributed by atoms with E-state index in [2.05, 4.69) is 15.4 Å².